The van der Waals surface area contributed by atoms with E-state index in [0.29, 0.717) is 17.6 Å². The topological polar surface area (TPSA) is 61.4 Å². The molecular formula is C16H20ClN3O2. The third kappa shape index (κ3) is 3.25. The highest BCUT2D eigenvalue weighted by molar-refractivity contribution is 6.30. The maximum absolute atomic E-state index is 12.5. The molecule has 2 N–H and O–H groups in total. The van der Waals surface area contributed by atoms with Gasteiger partial charge < -0.3 is 10.6 Å². The number of piperidine rings is 1. The van der Waals surface area contributed by atoms with E-state index in [2.05, 4.69) is 10.6 Å². The van der Waals surface area contributed by atoms with Gasteiger partial charge >= 0.3 is 6.03 Å². The van der Waals surface area contributed by atoms with Crippen LogP contribution in [0.25, 0.3) is 0 Å². The van der Waals surface area contributed by atoms with Crippen molar-refractivity contribution in [3.8, 4) is 0 Å². The quantitative estimate of drug-likeness (QED) is 0.837. The van der Waals surface area contributed by atoms with Gasteiger partial charge in [-0.15, -0.1) is 0 Å². The molecule has 2 unspecified atom stereocenters. The first kappa shape index (κ1) is 15.3. The molecule has 2 heterocycles. The lowest BCUT2D eigenvalue weighted by Crippen LogP contribution is -2.39. The standard InChI is InChI=1S/C16H20ClN3O2/c17-12-6-4-11(5-7-12)14-15(21)20(16(22)19-14)10-8-13-3-1-2-9-18-13/h4-7,13-14,18H,1-3,8-10H2,(H,19,22). The average Bonchev–Trinajstić information content (AvgIpc) is 2.82. The number of halogens is 1. The number of nitrogens with zero attached hydrogens (tertiary/aromatic N) is 1. The number of urea groups is 1. The number of amides is 3. The molecule has 0 saturated carbocycles. The zero-order chi connectivity index (χ0) is 15.5. The summed E-state index contributed by atoms with van der Waals surface area (Å²) in [7, 11) is 0. The summed E-state index contributed by atoms with van der Waals surface area (Å²) in [4.78, 5) is 25.8. The summed E-state index contributed by atoms with van der Waals surface area (Å²) in [6, 6.07) is 6.51. The first-order chi connectivity index (χ1) is 10.6. The third-order valence-corrected chi connectivity index (χ3v) is 4.59. The van der Waals surface area contributed by atoms with Gasteiger partial charge in [0.2, 0.25) is 0 Å². The Hall–Kier alpha value is -1.59. The van der Waals surface area contributed by atoms with Crippen LogP contribution in [0.15, 0.2) is 24.3 Å². The number of imide groups is 1. The van der Waals surface area contributed by atoms with Crippen molar-refractivity contribution in [1.29, 1.82) is 0 Å². The van der Waals surface area contributed by atoms with Gasteiger partial charge in [-0.1, -0.05) is 30.2 Å². The second-order valence-corrected chi connectivity index (χ2v) is 6.30. The maximum atomic E-state index is 12.5. The number of benzene rings is 1. The zero-order valence-corrected chi connectivity index (χ0v) is 13.1. The first-order valence-electron chi connectivity index (χ1n) is 7.76. The second kappa shape index (κ2) is 6.67. The van der Waals surface area contributed by atoms with Gasteiger partial charge in [0.25, 0.3) is 5.91 Å². The average molecular weight is 322 g/mol. The molecular weight excluding hydrogens is 302 g/mol. The van der Waals surface area contributed by atoms with Crippen LogP contribution in [-0.4, -0.2) is 36.0 Å². The van der Waals surface area contributed by atoms with Gasteiger partial charge in [0.05, 0.1) is 0 Å². The maximum Gasteiger partial charge on any atom is 0.325 e. The Bertz CT molecular complexity index is 555. The van der Waals surface area contributed by atoms with Crippen LogP contribution in [0.1, 0.15) is 37.3 Å². The van der Waals surface area contributed by atoms with Gasteiger partial charge in [-0.25, -0.2) is 4.79 Å². The predicted molar refractivity (Wildman–Crippen MR) is 84.7 cm³/mol. The Labute approximate surface area is 135 Å². The van der Waals surface area contributed by atoms with E-state index in [1.165, 1.54) is 17.7 Å². The summed E-state index contributed by atoms with van der Waals surface area (Å²) < 4.78 is 0. The van der Waals surface area contributed by atoms with Crippen molar-refractivity contribution in [3.63, 3.8) is 0 Å². The first-order valence-corrected chi connectivity index (χ1v) is 8.13. The summed E-state index contributed by atoms with van der Waals surface area (Å²) in [5.41, 5.74) is 0.765. The minimum Gasteiger partial charge on any atom is -0.322 e. The number of carbonyl (C=O) groups is 2. The molecule has 2 aliphatic heterocycles. The van der Waals surface area contributed by atoms with E-state index in [0.717, 1.165) is 24.9 Å². The van der Waals surface area contributed by atoms with Crippen LogP contribution in [0.4, 0.5) is 4.79 Å². The van der Waals surface area contributed by atoms with E-state index in [9.17, 15) is 9.59 Å². The van der Waals surface area contributed by atoms with Crippen molar-refractivity contribution >= 4 is 23.5 Å². The normalized spacial score (nSPS) is 25.4. The third-order valence-electron chi connectivity index (χ3n) is 4.34. The molecule has 118 valence electrons. The molecule has 3 amide bonds. The highest BCUT2D eigenvalue weighted by Crippen LogP contribution is 2.24. The lowest BCUT2D eigenvalue weighted by Gasteiger charge is -2.24. The highest BCUT2D eigenvalue weighted by Gasteiger charge is 2.38. The second-order valence-electron chi connectivity index (χ2n) is 5.86. The molecule has 22 heavy (non-hydrogen) atoms. The molecule has 0 radical (unpaired) electrons. The minimum atomic E-state index is -0.593. The van der Waals surface area contributed by atoms with Crippen LogP contribution in [-0.2, 0) is 4.79 Å². The molecule has 2 atom stereocenters. The van der Waals surface area contributed by atoms with Crippen molar-refractivity contribution in [1.82, 2.24) is 15.5 Å². The van der Waals surface area contributed by atoms with Crippen LogP contribution in [0, 0.1) is 0 Å². The fourth-order valence-electron chi connectivity index (χ4n) is 3.07. The number of nitrogens with one attached hydrogen (secondary N) is 2. The molecule has 2 saturated heterocycles. The lowest BCUT2D eigenvalue weighted by molar-refractivity contribution is -0.127. The molecule has 2 aliphatic rings. The fourth-order valence-corrected chi connectivity index (χ4v) is 3.19. The molecule has 0 bridgehead atoms. The molecule has 1 aromatic rings. The van der Waals surface area contributed by atoms with E-state index in [-0.39, 0.29) is 11.9 Å². The van der Waals surface area contributed by atoms with Crippen LogP contribution in [0.5, 0.6) is 0 Å². The Kier molecular flexibility index (Phi) is 4.64. The van der Waals surface area contributed by atoms with Crippen LogP contribution in [0.3, 0.4) is 0 Å². The van der Waals surface area contributed by atoms with Gasteiger partial charge in [0.15, 0.2) is 0 Å². The largest absolute Gasteiger partial charge is 0.325 e. The SMILES string of the molecule is O=C1NC(c2ccc(Cl)cc2)C(=O)N1CCC1CCCCN1. The van der Waals surface area contributed by atoms with Gasteiger partial charge in [-0.05, 0) is 43.5 Å². The van der Waals surface area contributed by atoms with E-state index >= 15 is 0 Å². The Morgan fingerprint density at radius 2 is 1.95 bits per heavy atom. The van der Waals surface area contributed by atoms with E-state index in [4.69, 9.17) is 11.6 Å². The molecule has 6 heteroatoms. The van der Waals surface area contributed by atoms with Crippen molar-refractivity contribution in [3.05, 3.63) is 34.9 Å². The van der Waals surface area contributed by atoms with Crippen molar-refractivity contribution in [2.75, 3.05) is 13.1 Å². The fraction of sp³-hybridized carbons (Fsp3) is 0.500. The molecule has 0 aliphatic carbocycles. The summed E-state index contributed by atoms with van der Waals surface area (Å²) in [6.45, 7) is 1.49. The summed E-state index contributed by atoms with van der Waals surface area (Å²) in [6.07, 6.45) is 4.35. The van der Waals surface area contributed by atoms with Crippen molar-refractivity contribution in [2.24, 2.45) is 0 Å². The summed E-state index contributed by atoms with van der Waals surface area (Å²) in [5.74, 6) is -0.178. The summed E-state index contributed by atoms with van der Waals surface area (Å²) >= 11 is 5.86. The number of rotatable bonds is 4. The number of carbonyl (C=O) groups excluding carboxylic acids is 2. The Morgan fingerprint density at radius 3 is 2.64 bits per heavy atom. The van der Waals surface area contributed by atoms with Gasteiger partial charge in [0, 0.05) is 17.6 Å². The van der Waals surface area contributed by atoms with Crippen LogP contribution < -0.4 is 10.6 Å². The Balaban J connectivity index is 1.62. The summed E-state index contributed by atoms with van der Waals surface area (Å²) in [5, 5.41) is 6.80. The van der Waals surface area contributed by atoms with Crippen LogP contribution in [0.2, 0.25) is 5.02 Å². The predicted octanol–water partition coefficient (Wildman–Crippen LogP) is 2.47. The van der Waals surface area contributed by atoms with Gasteiger partial charge in [0.1, 0.15) is 6.04 Å². The molecule has 1 aromatic carbocycles. The van der Waals surface area contributed by atoms with E-state index in [1.54, 1.807) is 24.3 Å². The van der Waals surface area contributed by atoms with E-state index < -0.39 is 6.04 Å². The Morgan fingerprint density at radius 1 is 1.18 bits per heavy atom. The monoisotopic (exact) mass is 321 g/mol. The number of hydrogen-bond donors (Lipinski definition) is 2. The number of hydrogen-bond acceptors (Lipinski definition) is 3. The lowest BCUT2D eigenvalue weighted by atomic mass is 10.0. The molecule has 5 nitrogen and oxygen atoms in total. The molecule has 3 rings (SSSR count). The van der Waals surface area contributed by atoms with Crippen molar-refractivity contribution in [2.45, 2.75) is 37.8 Å². The smallest absolute Gasteiger partial charge is 0.322 e. The zero-order valence-electron chi connectivity index (χ0n) is 12.3. The van der Waals surface area contributed by atoms with Gasteiger partial charge in [-0.2, -0.15) is 0 Å². The van der Waals surface area contributed by atoms with Crippen LogP contribution >= 0.6 is 11.6 Å². The van der Waals surface area contributed by atoms with Crippen molar-refractivity contribution < 1.29 is 9.59 Å². The van der Waals surface area contributed by atoms with E-state index in [1.807, 2.05) is 0 Å². The molecule has 0 spiro atoms. The minimum absolute atomic E-state index is 0.178. The molecule has 2 fully saturated rings. The highest BCUT2D eigenvalue weighted by atomic mass is 35.5. The van der Waals surface area contributed by atoms with Gasteiger partial charge in [-0.3, -0.25) is 9.69 Å². The molecule has 0 aromatic heterocycles.